The fourth-order valence-corrected chi connectivity index (χ4v) is 4.10. The Labute approximate surface area is 137 Å². The van der Waals surface area contributed by atoms with Gasteiger partial charge in [0, 0.05) is 15.3 Å². The number of thiazole rings is 1. The number of fused-ring (bicyclic) bond motifs is 1. The van der Waals surface area contributed by atoms with E-state index in [1.807, 2.05) is 25.1 Å². The van der Waals surface area contributed by atoms with Crippen molar-refractivity contribution in [3.05, 3.63) is 41.2 Å². The van der Waals surface area contributed by atoms with Gasteiger partial charge in [-0.25, -0.2) is 4.99 Å². The standard InChI is InChI=1S/C13H9IN2O2S2/c1-2-16-12(18)10(20-13(16)19)9-7-5-6(14)3-4-8(7)15-11(9)17/h3-5,18H,2H2,1H3. The number of halogens is 1. The van der Waals surface area contributed by atoms with Crippen LogP contribution in [0.2, 0.25) is 0 Å². The second kappa shape index (κ2) is 5.05. The van der Waals surface area contributed by atoms with E-state index in [2.05, 4.69) is 27.6 Å². The highest BCUT2D eigenvalue weighted by Gasteiger charge is 2.24. The highest BCUT2D eigenvalue weighted by molar-refractivity contribution is 14.1. The summed E-state index contributed by atoms with van der Waals surface area (Å²) < 4.78 is 3.18. The molecule has 0 fully saturated rings. The average molecular weight is 416 g/mol. The highest BCUT2D eigenvalue weighted by Crippen LogP contribution is 2.32. The van der Waals surface area contributed by atoms with Crippen molar-refractivity contribution in [1.29, 1.82) is 0 Å². The molecule has 7 heteroatoms. The molecule has 0 saturated heterocycles. The first-order chi connectivity index (χ1) is 9.52. The van der Waals surface area contributed by atoms with Crippen LogP contribution in [0.5, 0.6) is 5.88 Å². The topological polar surface area (TPSA) is 54.6 Å². The van der Waals surface area contributed by atoms with Gasteiger partial charge in [0.05, 0.1) is 10.9 Å². The highest BCUT2D eigenvalue weighted by atomic mass is 127. The Morgan fingerprint density at radius 2 is 2.25 bits per heavy atom. The summed E-state index contributed by atoms with van der Waals surface area (Å²) in [6.45, 7) is 2.47. The van der Waals surface area contributed by atoms with Crippen LogP contribution in [0.3, 0.4) is 0 Å². The summed E-state index contributed by atoms with van der Waals surface area (Å²) in [6, 6.07) is 5.62. The lowest BCUT2D eigenvalue weighted by molar-refractivity contribution is -0.112. The van der Waals surface area contributed by atoms with Crippen molar-refractivity contribution in [2.24, 2.45) is 4.99 Å². The van der Waals surface area contributed by atoms with Gasteiger partial charge in [-0.3, -0.25) is 9.36 Å². The fourth-order valence-electron chi connectivity index (χ4n) is 2.14. The van der Waals surface area contributed by atoms with E-state index in [0.29, 0.717) is 26.3 Å². The van der Waals surface area contributed by atoms with E-state index in [1.54, 1.807) is 4.57 Å². The van der Waals surface area contributed by atoms with Crippen LogP contribution in [-0.2, 0) is 11.3 Å². The summed E-state index contributed by atoms with van der Waals surface area (Å²) in [4.78, 5) is 16.7. The first-order valence-electron chi connectivity index (χ1n) is 5.88. The lowest BCUT2D eigenvalue weighted by Crippen LogP contribution is -2.23. The Bertz CT molecular complexity index is 911. The third-order valence-corrected chi connectivity index (χ3v) is 5.20. The monoisotopic (exact) mass is 416 g/mol. The lowest BCUT2D eigenvalue weighted by atomic mass is 10.1. The molecule has 0 unspecified atom stereocenters. The second-order valence-electron chi connectivity index (χ2n) is 4.22. The Hall–Kier alpha value is -1.06. The van der Waals surface area contributed by atoms with E-state index >= 15 is 0 Å². The van der Waals surface area contributed by atoms with Gasteiger partial charge < -0.3 is 5.11 Å². The van der Waals surface area contributed by atoms with E-state index < -0.39 is 0 Å². The maximum Gasteiger partial charge on any atom is 0.279 e. The number of nitrogens with zero attached hydrogens (tertiary/aromatic N) is 2. The molecule has 0 aliphatic carbocycles. The summed E-state index contributed by atoms with van der Waals surface area (Å²) >= 11 is 8.65. The van der Waals surface area contributed by atoms with Crippen LogP contribution in [-0.4, -0.2) is 15.6 Å². The number of hydrogen-bond donors (Lipinski definition) is 1. The summed E-state index contributed by atoms with van der Waals surface area (Å²) in [7, 11) is 0. The number of carbonyl (C=O) groups excluding carboxylic acids is 1. The molecule has 2 aromatic rings. The van der Waals surface area contributed by atoms with Gasteiger partial charge in [0.2, 0.25) is 5.88 Å². The number of hydrogen-bond acceptors (Lipinski definition) is 4. The molecular weight excluding hydrogens is 407 g/mol. The third-order valence-electron chi connectivity index (χ3n) is 3.08. The Morgan fingerprint density at radius 3 is 2.90 bits per heavy atom. The predicted molar refractivity (Wildman–Crippen MR) is 87.9 cm³/mol. The zero-order chi connectivity index (χ0) is 14.4. The molecule has 1 aromatic carbocycles. The number of rotatable bonds is 2. The normalized spacial score (nSPS) is 13.5. The molecule has 1 amide bonds. The van der Waals surface area contributed by atoms with Crippen molar-refractivity contribution in [2.75, 3.05) is 0 Å². The SMILES string of the molecule is CCn1c(O)c(C2=c3cc(I)ccc3=NC2=O)sc1=S. The maximum absolute atomic E-state index is 12.2. The van der Waals surface area contributed by atoms with E-state index in [4.69, 9.17) is 12.2 Å². The summed E-state index contributed by atoms with van der Waals surface area (Å²) in [5.41, 5.74) is 0.444. The summed E-state index contributed by atoms with van der Waals surface area (Å²) in [5.74, 6) is -0.274. The van der Waals surface area contributed by atoms with Gasteiger partial charge >= 0.3 is 0 Å². The Balaban J connectivity index is 2.41. The van der Waals surface area contributed by atoms with Crippen LogP contribution in [0.15, 0.2) is 23.2 Å². The largest absolute Gasteiger partial charge is 0.493 e. The first kappa shape index (κ1) is 13.9. The van der Waals surface area contributed by atoms with Crippen molar-refractivity contribution in [3.63, 3.8) is 0 Å². The number of amides is 1. The molecule has 3 rings (SSSR count). The van der Waals surface area contributed by atoms with Crippen LogP contribution in [0.1, 0.15) is 11.8 Å². The van der Waals surface area contributed by atoms with E-state index in [0.717, 1.165) is 8.79 Å². The molecule has 0 saturated carbocycles. The van der Waals surface area contributed by atoms with Gasteiger partial charge in [-0.15, -0.1) is 11.3 Å². The molecule has 1 N–H and O–H groups in total. The van der Waals surface area contributed by atoms with E-state index in [-0.39, 0.29) is 11.8 Å². The quantitative estimate of drug-likeness (QED) is 0.602. The van der Waals surface area contributed by atoms with Crippen molar-refractivity contribution in [2.45, 2.75) is 13.5 Å². The van der Waals surface area contributed by atoms with Crippen LogP contribution in [0.4, 0.5) is 0 Å². The molecule has 1 aliphatic heterocycles. The van der Waals surface area contributed by atoms with Crippen LogP contribution in [0.25, 0.3) is 5.57 Å². The molecule has 0 spiro atoms. The van der Waals surface area contributed by atoms with Crippen LogP contribution in [0, 0.1) is 7.52 Å². The minimum absolute atomic E-state index is 0.0489. The summed E-state index contributed by atoms with van der Waals surface area (Å²) in [6.07, 6.45) is 0. The molecule has 102 valence electrons. The third kappa shape index (κ3) is 2.04. The van der Waals surface area contributed by atoms with Gasteiger partial charge in [-0.1, -0.05) is 0 Å². The van der Waals surface area contributed by atoms with Crippen molar-refractivity contribution < 1.29 is 9.90 Å². The average Bonchev–Trinajstić information content (AvgIpc) is 2.85. The van der Waals surface area contributed by atoms with E-state index in [9.17, 15) is 9.90 Å². The Morgan fingerprint density at radius 1 is 1.50 bits per heavy atom. The van der Waals surface area contributed by atoms with Crippen molar-refractivity contribution in [3.8, 4) is 5.88 Å². The molecule has 1 aromatic heterocycles. The van der Waals surface area contributed by atoms with Crippen molar-refractivity contribution in [1.82, 2.24) is 4.57 Å². The van der Waals surface area contributed by atoms with Gasteiger partial charge in [0.1, 0.15) is 4.88 Å². The molecule has 0 bridgehead atoms. The van der Waals surface area contributed by atoms with Crippen LogP contribution >= 0.6 is 46.1 Å². The molecule has 1 aliphatic rings. The molecular formula is C13H9IN2O2S2. The zero-order valence-corrected chi connectivity index (χ0v) is 14.2. The summed E-state index contributed by atoms with van der Waals surface area (Å²) in [5, 5.41) is 11.7. The molecule has 20 heavy (non-hydrogen) atoms. The van der Waals surface area contributed by atoms with Gasteiger partial charge in [-0.2, -0.15) is 0 Å². The second-order valence-corrected chi connectivity index (χ2v) is 7.11. The van der Waals surface area contributed by atoms with Gasteiger partial charge in [-0.05, 0) is 59.9 Å². The van der Waals surface area contributed by atoms with Gasteiger partial charge in [0.25, 0.3) is 5.91 Å². The Kier molecular flexibility index (Phi) is 3.51. The minimum atomic E-state index is -0.322. The van der Waals surface area contributed by atoms with Crippen molar-refractivity contribution >= 4 is 57.6 Å². The maximum atomic E-state index is 12.2. The van der Waals surface area contributed by atoms with E-state index in [1.165, 1.54) is 11.3 Å². The number of aromatic hydroxyl groups is 1. The molecule has 0 atom stereocenters. The number of benzene rings is 1. The minimum Gasteiger partial charge on any atom is -0.493 e. The van der Waals surface area contributed by atoms with Gasteiger partial charge in [0.15, 0.2) is 3.95 Å². The zero-order valence-electron chi connectivity index (χ0n) is 10.4. The smallest absolute Gasteiger partial charge is 0.279 e. The number of carbonyl (C=O) groups is 1. The van der Waals surface area contributed by atoms with Crippen LogP contribution < -0.4 is 10.6 Å². The predicted octanol–water partition coefficient (Wildman–Crippen LogP) is 1.97. The lowest BCUT2D eigenvalue weighted by Gasteiger charge is -2.01. The molecule has 4 nitrogen and oxygen atoms in total. The molecule has 0 radical (unpaired) electrons. The molecule has 2 heterocycles. The first-order valence-corrected chi connectivity index (χ1v) is 8.19. The number of aromatic nitrogens is 1. The fraction of sp³-hybridized carbons (Fsp3) is 0.154.